The highest BCUT2D eigenvalue weighted by atomic mass is 15.1. The molecule has 8 aromatic carbocycles. The molecule has 0 radical (unpaired) electrons. The van der Waals surface area contributed by atoms with Gasteiger partial charge in [-0.05, 0) is 91.4 Å². The van der Waals surface area contributed by atoms with E-state index in [1.54, 1.807) is 0 Å². The minimum absolute atomic E-state index is 0.215. The van der Waals surface area contributed by atoms with Crippen molar-refractivity contribution in [1.82, 2.24) is 0 Å². The molecule has 0 saturated carbocycles. The molecule has 2 aliphatic carbocycles. The molecule has 0 aliphatic heterocycles. The molecule has 0 amide bonds. The maximum Gasteiger partial charge on any atom is 0.0713 e. The quantitative estimate of drug-likeness (QED) is 0.179. The Morgan fingerprint density at radius 2 is 0.922 bits per heavy atom. The van der Waals surface area contributed by atoms with Gasteiger partial charge in [0.25, 0.3) is 0 Å². The molecule has 51 heavy (non-hydrogen) atoms. The summed E-state index contributed by atoms with van der Waals surface area (Å²) >= 11 is 0. The molecule has 0 atom stereocenters. The third kappa shape index (κ3) is 4.22. The summed E-state index contributed by atoms with van der Waals surface area (Å²) in [6.45, 7) is 4.81. The van der Waals surface area contributed by atoms with Gasteiger partial charge in [-0.2, -0.15) is 0 Å². The van der Waals surface area contributed by atoms with Crippen molar-refractivity contribution in [2.45, 2.75) is 24.7 Å². The molecule has 242 valence electrons. The Morgan fingerprint density at radius 3 is 1.65 bits per heavy atom. The first-order valence-corrected chi connectivity index (χ1v) is 17.9. The van der Waals surface area contributed by atoms with E-state index in [0.717, 1.165) is 11.4 Å². The zero-order valence-electron chi connectivity index (χ0n) is 28.8. The van der Waals surface area contributed by atoms with Crippen molar-refractivity contribution in [2.24, 2.45) is 0 Å². The number of para-hydroxylation sites is 1. The van der Waals surface area contributed by atoms with Crippen molar-refractivity contribution in [2.75, 3.05) is 4.90 Å². The number of hydrogen-bond acceptors (Lipinski definition) is 1. The molecule has 0 bridgehead atoms. The molecule has 0 N–H and O–H groups in total. The number of anilines is 3. The average molecular weight is 652 g/mol. The fraction of sp³-hybridized carbons (Fsp3) is 0.0800. The third-order valence-corrected chi connectivity index (χ3v) is 11.5. The summed E-state index contributed by atoms with van der Waals surface area (Å²) < 4.78 is 0. The molecule has 0 unspecified atom stereocenters. The minimum atomic E-state index is -0.419. The van der Waals surface area contributed by atoms with E-state index in [9.17, 15) is 0 Å². The van der Waals surface area contributed by atoms with Crippen LogP contribution < -0.4 is 4.90 Å². The molecule has 0 saturated heterocycles. The Balaban J connectivity index is 1.17. The van der Waals surface area contributed by atoms with Gasteiger partial charge in [0.05, 0.1) is 11.1 Å². The summed E-state index contributed by atoms with van der Waals surface area (Å²) in [7, 11) is 0. The second-order valence-corrected chi connectivity index (χ2v) is 14.5. The lowest BCUT2D eigenvalue weighted by Crippen LogP contribution is -2.29. The average Bonchev–Trinajstić information content (AvgIpc) is 3.61. The van der Waals surface area contributed by atoms with Crippen LogP contribution in [0.2, 0.25) is 0 Å². The monoisotopic (exact) mass is 651 g/mol. The van der Waals surface area contributed by atoms with Crippen LogP contribution in [0.3, 0.4) is 0 Å². The Kier molecular flexibility index (Phi) is 6.51. The molecule has 0 heterocycles. The maximum absolute atomic E-state index is 2.53. The molecule has 1 nitrogen and oxygen atoms in total. The van der Waals surface area contributed by atoms with E-state index in [-0.39, 0.29) is 5.41 Å². The second kappa shape index (κ2) is 11.2. The van der Waals surface area contributed by atoms with Gasteiger partial charge in [0.15, 0.2) is 0 Å². The van der Waals surface area contributed by atoms with Crippen LogP contribution in [0.1, 0.15) is 47.2 Å². The van der Waals surface area contributed by atoms with E-state index in [4.69, 9.17) is 0 Å². The first-order chi connectivity index (χ1) is 25.1. The standard InChI is InChI=1S/C50H37N/c1-49(2)46-32-36(50(35-18-5-3-6-19-35)44-25-13-11-23-40(44)41-24-12-14-26-45(41)50)28-30-42(46)43-31-29-38(33-47(43)49)51(37-20-7-4-8-21-37)48-27-15-17-34-16-9-10-22-39(34)48/h3-33H,1-2H3. The molecule has 1 heteroatoms. The molecule has 0 fully saturated rings. The van der Waals surface area contributed by atoms with Crippen LogP contribution in [-0.2, 0) is 10.8 Å². The Hall–Kier alpha value is -6.18. The summed E-state index contributed by atoms with van der Waals surface area (Å²) in [6.07, 6.45) is 0. The van der Waals surface area contributed by atoms with E-state index < -0.39 is 5.41 Å². The number of benzene rings is 8. The Labute approximate surface area is 300 Å². The molecule has 0 aromatic heterocycles. The van der Waals surface area contributed by atoms with Crippen LogP contribution >= 0.6 is 0 Å². The van der Waals surface area contributed by atoms with Gasteiger partial charge in [0, 0.05) is 22.2 Å². The molecular weight excluding hydrogens is 615 g/mol. The number of rotatable bonds is 5. The molecule has 2 aliphatic rings. The maximum atomic E-state index is 2.53. The molecule has 0 spiro atoms. The lowest BCUT2D eigenvalue weighted by molar-refractivity contribution is 0.655. The number of nitrogens with zero attached hydrogens (tertiary/aromatic N) is 1. The first kappa shape index (κ1) is 29.7. The van der Waals surface area contributed by atoms with Crippen molar-refractivity contribution in [3.8, 4) is 22.3 Å². The van der Waals surface area contributed by atoms with E-state index in [1.807, 2.05) is 0 Å². The van der Waals surface area contributed by atoms with Crippen LogP contribution in [0.15, 0.2) is 188 Å². The fourth-order valence-electron chi connectivity index (χ4n) is 9.22. The van der Waals surface area contributed by atoms with E-state index >= 15 is 0 Å². The smallest absolute Gasteiger partial charge is 0.0713 e. The van der Waals surface area contributed by atoms with Gasteiger partial charge in [0.1, 0.15) is 0 Å². The third-order valence-electron chi connectivity index (χ3n) is 11.5. The van der Waals surface area contributed by atoms with Crippen molar-refractivity contribution < 1.29 is 0 Å². The minimum Gasteiger partial charge on any atom is -0.310 e. The highest BCUT2D eigenvalue weighted by molar-refractivity contribution is 5.99. The highest BCUT2D eigenvalue weighted by Crippen LogP contribution is 2.58. The van der Waals surface area contributed by atoms with Gasteiger partial charge < -0.3 is 4.90 Å². The van der Waals surface area contributed by atoms with Gasteiger partial charge in [-0.1, -0.05) is 172 Å². The number of hydrogen-bond donors (Lipinski definition) is 0. The fourth-order valence-corrected chi connectivity index (χ4v) is 9.22. The van der Waals surface area contributed by atoms with Crippen LogP contribution in [0, 0.1) is 0 Å². The highest BCUT2D eigenvalue weighted by Gasteiger charge is 2.47. The SMILES string of the molecule is CC1(C)c2cc(N(c3ccccc3)c3cccc4ccccc34)ccc2-c2ccc(C3(c4ccccc4)c4ccccc4-c4ccccc43)cc21. The summed E-state index contributed by atoms with van der Waals surface area (Å²) in [5, 5.41) is 2.47. The number of fused-ring (bicyclic) bond motifs is 7. The van der Waals surface area contributed by atoms with Gasteiger partial charge in [-0.15, -0.1) is 0 Å². The summed E-state index contributed by atoms with van der Waals surface area (Å²) in [6, 6.07) is 69.6. The molecular formula is C50H37N. The zero-order valence-corrected chi connectivity index (χ0v) is 28.8. The van der Waals surface area contributed by atoms with Crippen molar-refractivity contribution in [3.05, 3.63) is 221 Å². The summed E-state index contributed by atoms with van der Waals surface area (Å²) in [5.74, 6) is 0. The van der Waals surface area contributed by atoms with Gasteiger partial charge in [0.2, 0.25) is 0 Å². The van der Waals surface area contributed by atoms with Crippen LogP contribution in [0.5, 0.6) is 0 Å². The lowest BCUT2D eigenvalue weighted by atomic mass is 9.66. The van der Waals surface area contributed by atoms with Crippen LogP contribution in [-0.4, -0.2) is 0 Å². The van der Waals surface area contributed by atoms with Gasteiger partial charge in [-0.25, -0.2) is 0 Å². The summed E-state index contributed by atoms with van der Waals surface area (Å²) in [4.78, 5) is 2.42. The van der Waals surface area contributed by atoms with Gasteiger partial charge in [-0.3, -0.25) is 0 Å². The predicted octanol–water partition coefficient (Wildman–Crippen LogP) is 13.0. The lowest BCUT2D eigenvalue weighted by Gasteiger charge is -2.35. The van der Waals surface area contributed by atoms with E-state index in [1.165, 1.54) is 72.1 Å². The van der Waals surface area contributed by atoms with Crippen LogP contribution in [0.25, 0.3) is 33.0 Å². The summed E-state index contributed by atoms with van der Waals surface area (Å²) in [5.41, 5.74) is 16.2. The Morgan fingerprint density at radius 1 is 0.373 bits per heavy atom. The van der Waals surface area contributed by atoms with E-state index in [0.29, 0.717) is 0 Å². The van der Waals surface area contributed by atoms with Crippen molar-refractivity contribution >= 4 is 27.8 Å². The van der Waals surface area contributed by atoms with Gasteiger partial charge >= 0.3 is 0 Å². The first-order valence-electron chi connectivity index (χ1n) is 17.9. The molecule has 8 aromatic rings. The van der Waals surface area contributed by atoms with Crippen molar-refractivity contribution in [1.29, 1.82) is 0 Å². The zero-order chi connectivity index (χ0) is 34.2. The second-order valence-electron chi connectivity index (χ2n) is 14.5. The largest absolute Gasteiger partial charge is 0.310 e. The molecule has 10 rings (SSSR count). The normalized spacial score (nSPS) is 14.4. The predicted molar refractivity (Wildman–Crippen MR) is 213 cm³/mol. The van der Waals surface area contributed by atoms with Crippen molar-refractivity contribution in [3.63, 3.8) is 0 Å². The Bertz CT molecular complexity index is 2560. The van der Waals surface area contributed by atoms with Crippen LogP contribution in [0.4, 0.5) is 17.1 Å². The van der Waals surface area contributed by atoms with E-state index in [2.05, 4.69) is 207 Å². The topological polar surface area (TPSA) is 3.24 Å².